The summed E-state index contributed by atoms with van der Waals surface area (Å²) in [6.45, 7) is 10.8. The van der Waals surface area contributed by atoms with Crippen LogP contribution in [0.25, 0.3) is 11.2 Å². The number of nitrogens with two attached hydrogens (primary N) is 1. The predicted molar refractivity (Wildman–Crippen MR) is 191 cm³/mol. The number of hydrogen-bond donors (Lipinski definition) is 2. The summed E-state index contributed by atoms with van der Waals surface area (Å²) in [5, 5.41) is 12.2. The molecule has 252 valence electrons. The van der Waals surface area contributed by atoms with Gasteiger partial charge in [-0.1, -0.05) is 105 Å². The molecule has 1 fully saturated rings. The number of fused-ring (bicyclic) bond motifs is 1. The van der Waals surface area contributed by atoms with Crippen LogP contribution in [0.2, 0.25) is 23.3 Å². The molecule has 0 unspecified atom stereocenters. The van der Waals surface area contributed by atoms with Crippen LogP contribution in [0, 0.1) is 0 Å². The van der Waals surface area contributed by atoms with Crippen molar-refractivity contribution in [2.45, 2.75) is 69.0 Å². The van der Waals surface area contributed by atoms with Crippen LogP contribution in [0.3, 0.4) is 0 Å². The van der Waals surface area contributed by atoms with E-state index in [1.807, 2.05) is 84.9 Å². The summed E-state index contributed by atoms with van der Waals surface area (Å²) >= 11 is 6.34. The summed E-state index contributed by atoms with van der Waals surface area (Å²) in [6.07, 6.45) is -1.73. The van der Waals surface area contributed by atoms with E-state index in [0.29, 0.717) is 16.9 Å². The lowest BCUT2D eigenvalue weighted by molar-refractivity contribution is -0.0940. The second-order valence-corrected chi connectivity index (χ2v) is 18.9. The molecule has 1 saturated heterocycles. The highest BCUT2D eigenvalue weighted by Gasteiger charge is 2.52. The van der Waals surface area contributed by atoms with E-state index < -0.39 is 38.5 Å². The van der Waals surface area contributed by atoms with E-state index in [1.165, 1.54) is 0 Å². The van der Waals surface area contributed by atoms with Crippen molar-refractivity contribution in [2.24, 2.45) is 0 Å². The lowest BCUT2D eigenvalue weighted by atomic mass is 9.80. The van der Waals surface area contributed by atoms with Crippen LogP contribution < -0.4 is 10.5 Å². The quantitative estimate of drug-likeness (QED) is 0.0892. The zero-order valence-corrected chi connectivity index (χ0v) is 29.9. The van der Waals surface area contributed by atoms with Gasteiger partial charge in [-0.15, -0.1) is 0 Å². The first-order chi connectivity index (χ1) is 22.9. The number of methoxy groups -OCH3 is 1. The highest BCUT2D eigenvalue weighted by molar-refractivity contribution is 6.74. The normalized spacial score (nSPS) is 20.3. The van der Waals surface area contributed by atoms with Crippen molar-refractivity contribution < 1.29 is 23.7 Å². The second kappa shape index (κ2) is 13.3. The number of rotatable bonds is 10. The van der Waals surface area contributed by atoms with Crippen LogP contribution in [0.4, 0.5) is 5.69 Å². The Morgan fingerprint density at radius 3 is 2.08 bits per heavy atom. The number of nitrogen functional groups attached to an aromatic ring is 1. The molecule has 1 aliphatic rings. The molecule has 9 nitrogen and oxygen atoms in total. The molecule has 6 rings (SSSR count). The average molecular weight is 687 g/mol. The molecule has 4 atom stereocenters. The Hall–Kier alpha value is -3.77. The fraction of sp³-hybridized carbons (Fsp3) is 0.351. The summed E-state index contributed by atoms with van der Waals surface area (Å²) in [6, 6.07) is 29.6. The van der Waals surface area contributed by atoms with E-state index in [2.05, 4.69) is 43.8 Å². The van der Waals surface area contributed by atoms with Crippen molar-refractivity contribution in [3.8, 4) is 5.75 Å². The largest absolute Gasteiger partial charge is 0.497 e. The van der Waals surface area contributed by atoms with Crippen molar-refractivity contribution in [2.75, 3.05) is 19.5 Å². The molecular formula is C37H43ClN4O5Si. The summed E-state index contributed by atoms with van der Waals surface area (Å²) in [7, 11) is -0.764. The van der Waals surface area contributed by atoms with Crippen LogP contribution in [0.1, 0.15) is 43.7 Å². The average Bonchev–Trinajstić information content (AvgIpc) is 3.62. The Morgan fingerprint density at radius 1 is 0.938 bits per heavy atom. The highest BCUT2D eigenvalue weighted by Crippen LogP contribution is 2.45. The van der Waals surface area contributed by atoms with E-state index in [0.717, 1.165) is 22.4 Å². The smallest absolute Gasteiger partial charge is 0.192 e. The molecule has 48 heavy (non-hydrogen) atoms. The molecule has 11 heteroatoms. The number of halogens is 1. The molecule has 0 amide bonds. The van der Waals surface area contributed by atoms with Gasteiger partial charge in [0.05, 0.1) is 25.7 Å². The highest BCUT2D eigenvalue weighted by atomic mass is 35.5. The monoisotopic (exact) mass is 686 g/mol. The fourth-order valence-electron chi connectivity index (χ4n) is 6.04. The number of anilines is 1. The molecule has 1 aliphatic heterocycles. The minimum Gasteiger partial charge on any atom is -0.497 e. The number of nitrogens with zero attached hydrogens (tertiary/aromatic N) is 3. The summed E-state index contributed by atoms with van der Waals surface area (Å²) in [4.78, 5) is 9.05. The van der Waals surface area contributed by atoms with Crippen LogP contribution in [-0.2, 0) is 19.5 Å². The minimum absolute atomic E-state index is 0.0355. The molecule has 0 aliphatic carbocycles. The molecular weight excluding hydrogens is 644 g/mol. The van der Waals surface area contributed by atoms with E-state index in [-0.39, 0.29) is 16.8 Å². The molecule has 0 saturated carbocycles. The van der Waals surface area contributed by atoms with Crippen molar-refractivity contribution in [1.29, 1.82) is 0 Å². The van der Waals surface area contributed by atoms with Gasteiger partial charge in [-0.25, -0.2) is 9.97 Å². The van der Waals surface area contributed by atoms with Gasteiger partial charge in [-0.05, 0) is 47.0 Å². The summed E-state index contributed by atoms with van der Waals surface area (Å²) < 4.78 is 28.0. The first-order valence-electron chi connectivity index (χ1n) is 16.0. The first kappa shape index (κ1) is 34.1. The van der Waals surface area contributed by atoms with E-state index in [1.54, 1.807) is 24.1 Å². The number of pyridine rings is 1. The number of aliphatic hydroxyl groups is 1. The van der Waals surface area contributed by atoms with Crippen LogP contribution in [0.5, 0.6) is 5.75 Å². The van der Waals surface area contributed by atoms with Gasteiger partial charge in [0.15, 0.2) is 20.2 Å². The number of ether oxygens (including phenoxy) is 3. The number of imidazole rings is 1. The lowest BCUT2D eigenvalue weighted by Gasteiger charge is -2.40. The molecule has 5 aromatic rings. The Labute approximate surface area is 287 Å². The molecule has 2 aromatic heterocycles. The van der Waals surface area contributed by atoms with Crippen molar-refractivity contribution in [3.63, 3.8) is 0 Å². The van der Waals surface area contributed by atoms with E-state index in [9.17, 15) is 5.11 Å². The third-order valence-electron chi connectivity index (χ3n) is 9.67. The van der Waals surface area contributed by atoms with Crippen LogP contribution in [-0.4, -0.2) is 60.0 Å². The number of hydrogen-bond acceptors (Lipinski definition) is 8. The van der Waals surface area contributed by atoms with Crippen molar-refractivity contribution in [3.05, 3.63) is 119 Å². The number of aromatic nitrogens is 3. The molecule has 3 heterocycles. The zero-order chi connectivity index (χ0) is 34.3. The third-order valence-corrected chi connectivity index (χ3v) is 14.3. The Kier molecular flexibility index (Phi) is 9.42. The third kappa shape index (κ3) is 6.24. The van der Waals surface area contributed by atoms with Gasteiger partial charge in [0.25, 0.3) is 0 Å². The molecule has 3 N–H and O–H groups in total. The van der Waals surface area contributed by atoms with Crippen molar-refractivity contribution >= 4 is 36.8 Å². The summed E-state index contributed by atoms with van der Waals surface area (Å²) in [5.41, 5.74) is 9.30. The van der Waals surface area contributed by atoms with E-state index >= 15 is 0 Å². The zero-order valence-electron chi connectivity index (χ0n) is 28.1. The van der Waals surface area contributed by atoms with Gasteiger partial charge in [0, 0.05) is 6.07 Å². The van der Waals surface area contributed by atoms with E-state index in [4.69, 9.17) is 36.0 Å². The Bertz CT molecular complexity index is 1810. The molecule has 3 aromatic carbocycles. The van der Waals surface area contributed by atoms with Crippen LogP contribution >= 0.6 is 11.6 Å². The van der Waals surface area contributed by atoms with Gasteiger partial charge in [-0.2, -0.15) is 0 Å². The molecule has 0 radical (unpaired) electrons. The van der Waals surface area contributed by atoms with Crippen molar-refractivity contribution in [1.82, 2.24) is 14.5 Å². The minimum atomic E-state index is -2.41. The second-order valence-electron chi connectivity index (χ2n) is 13.7. The maximum absolute atomic E-state index is 12.1. The SMILES string of the molecule is COc1ccc(C(OC[C@H]2O[C@@H](n3cnc4c(N)cc(Cl)nc43)[C@H](O[Si](C)(C)C(C)(C)C)[C@H]2O)(c2ccccc2)c2ccccc2)cc1. The van der Waals surface area contributed by atoms with Gasteiger partial charge >= 0.3 is 0 Å². The van der Waals surface area contributed by atoms with Gasteiger partial charge in [-0.3, -0.25) is 4.57 Å². The molecule has 0 bridgehead atoms. The summed E-state index contributed by atoms with van der Waals surface area (Å²) in [5.74, 6) is 0.735. The van der Waals surface area contributed by atoms with Gasteiger partial charge in [0.1, 0.15) is 40.3 Å². The number of benzene rings is 3. The topological polar surface area (TPSA) is 114 Å². The molecule has 0 spiro atoms. The lowest BCUT2D eigenvalue weighted by Crippen LogP contribution is -2.49. The number of aliphatic hydroxyl groups excluding tert-OH is 1. The first-order valence-corrected chi connectivity index (χ1v) is 19.3. The van der Waals surface area contributed by atoms with Gasteiger partial charge < -0.3 is 29.5 Å². The Morgan fingerprint density at radius 2 is 1.52 bits per heavy atom. The maximum Gasteiger partial charge on any atom is 0.192 e. The fourth-order valence-corrected chi connectivity index (χ4v) is 7.53. The maximum atomic E-state index is 12.1. The Balaban J connectivity index is 1.43. The standard InChI is InChI=1S/C37H43ClN4O5Si/c1-36(2,3)48(5,6)47-33-32(43)29(46-35(33)42-23-40-31-28(39)21-30(38)41-34(31)42)22-45-37(24-13-9-7-10-14-24,25-15-11-8-12-16-25)26-17-19-27(44-4)20-18-26/h7-21,23,29,32-33,35,43H,22H2,1-6H3,(H2,39,41)/t29-,32+,33-,35-/m1/s1. The predicted octanol–water partition coefficient (Wildman–Crippen LogP) is 7.33. The van der Waals surface area contributed by atoms with Crippen LogP contribution in [0.15, 0.2) is 97.3 Å². The van der Waals surface area contributed by atoms with Gasteiger partial charge in [0.2, 0.25) is 0 Å².